The first-order valence-electron chi connectivity index (χ1n) is 8.20. The quantitative estimate of drug-likeness (QED) is 0.849. The van der Waals surface area contributed by atoms with Crippen molar-refractivity contribution in [3.8, 4) is 0 Å². The number of nitrogens with zero attached hydrogens (tertiary/aromatic N) is 4. The highest BCUT2D eigenvalue weighted by atomic mass is 16.5. The van der Waals surface area contributed by atoms with Gasteiger partial charge in [0.25, 0.3) is 0 Å². The van der Waals surface area contributed by atoms with Crippen LogP contribution in [-0.2, 0) is 0 Å². The number of rotatable bonds is 5. The monoisotopic (exact) mass is 312 g/mol. The molecule has 0 bridgehead atoms. The molecule has 2 heterocycles. The first kappa shape index (κ1) is 15.9. The summed E-state index contributed by atoms with van der Waals surface area (Å²) in [6.07, 6.45) is 4.44. The van der Waals surface area contributed by atoms with Crippen molar-refractivity contribution in [2.45, 2.75) is 19.9 Å². The maximum absolute atomic E-state index is 5.29. The van der Waals surface area contributed by atoms with Crippen LogP contribution in [0.4, 0.5) is 0 Å². The van der Waals surface area contributed by atoms with Gasteiger partial charge in [0.1, 0.15) is 0 Å². The maximum Gasteiger partial charge on any atom is 0.243 e. The molecule has 1 atom stereocenters. The second-order valence-corrected chi connectivity index (χ2v) is 6.01. The lowest BCUT2D eigenvalue weighted by atomic mass is 10.2. The van der Waals surface area contributed by atoms with E-state index in [4.69, 9.17) is 4.52 Å². The van der Waals surface area contributed by atoms with Crippen LogP contribution in [-0.4, -0.2) is 52.7 Å². The summed E-state index contributed by atoms with van der Waals surface area (Å²) in [6.45, 7) is 9.18. The molecule has 1 aromatic heterocycles. The van der Waals surface area contributed by atoms with E-state index in [2.05, 4.69) is 63.3 Å². The number of hydrogen-bond acceptors (Lipinski definition) is 5. The Morgan fingerprint density at radius 3 is 2.57 bits per heavy atom. The Morgan fingerprint density at radius 1 is 1.17 bits per heavy atom. The van der Waals surface area contributed by atoms with Crippen LogP contribution < -0.4 is 0 Å². The van der Waals surface area contributed by atoms with Crippen molar-refractivity contribution in [3.63, 3.8) is 0 Å². The van der Waals surface area contributed by atoms with Gasteiger partial charge in [-0.1, -0.05) is 47.6 Å². The second-order valence-electron chi connectivity index (χ2n) is 6.01. The fraction of sp³-hybridized carbons (Fsp3) is 0.444. The summed E-state index contributed by atoms with van der Waals surface area (Å²) in [5.74, 6) is 1.43. The molecule has 0 saturated carbocycles. The van der Waals surface area contributed by atoms with Crippen molar-refractivity contribution in [2.75, 3.05) is 32.7 Å². The van der Waals surface area contributed by atoms with Gasteiger partial charge in [0, 0.05) is 32.7 Å². The normalized spacial score (nSPS) is 18.5. The lowest BCUT2D eigenvalue weighted by Gasteiger charge is -2.36. The Morgan fingerprint density at radius 2 is 1.91 bits per heavy atom. The van der Waals surface area contributed by atoms with Crippen LogP contribution in [0.3, 0.4) is 0 Å². The minimum Gasteiger partial charge on any atom is -0.338 e. The Bertz CT molecular complexity index is 629. The molecule has 3 rings (SSSR count). The lowest BCUT2D eigenvalue weighted by molar-refractivity contribution is 0.0947. The SMILES string of the molecule is Cc1noc(C(C)N2CCN(C/C=C/c3ccccc3)CC2)n1. The van der Waals surface area contributed by atoms with Crippen LogP contribution in [0.5, 0.6) is 0 Å². The predicted molar refractivity (Wildman–Crippen MR) is 90.9 cm³/mol. The van der Waals surface area contributed by atoms with E-state index in [1.807, 2.05) is 13.0 Å². The molecule has 1 fully saturated rings. The third-order valence-corrected chi connectivity index (χ3v) is 4.33. The summed E-state index contributed by atoms with van der Waals surface area (Å²) in [6, 6.07) is 10.6. The first-order valence-corrected chi connectivity index (χ1v) is 8.20. The highest BCUT2D eigenvalue weighted by molar-refractivity contribution is 5.48. The van der Waals surface area contributed by atoms with Gasteiger partial charge in [-0.25, -0.2) is 0 Å². The lowest BCUT2D eigenvalue weighted by Crippen LogP contribution is -2.47. The molecular weight excluding hydrogens is 288 g/mol. The number of benzene rings is 1. The first-order chi connectivity index (χ1) is 11.2. The van der Waals surface area contributed by atoms with E-state index < -0.39 is 0 Å². The highest BCUT2D eigenvalue weighted by Crippen LogP contribution is 2.19. The maximum atomic E-state index is 5.29. The van der Waals surface area contributed by atoms with Gasteiger partial charge in [0.2, 0.25) is 5.89 Å². The van der Waals surface area contributed by atoms with E-state index in [0.29, 0.717) is 5.82 Å². The molecule has 0 spiro atoms. The summed E-state index contributed by atoms with van der Waals surface area (Å²) in [7, 11) is 0. The number of aromatic nitrogens is 2. The van der Waals surface area contributed by atoms with Crippen LogP contribution in [0.2, 0.25) is 0 Å². The molecule has 23 heavy (non-hydrogen) atoms. The van der Waals surface area contributed by atoms with E-state index in [1.54, 1.807) is 0 Å². The smallest absolute Gasteiger partial charge is 0.243 e. The number of aryl methyl sites for hydroxylation is 1. The molecule has 122 valence electrons. The van der Waals surface area contributed by atoms with E-state index in [1.165, 1.54) is 5.56 Å². The van der Waals surface area contributed by atoms with E-state index in [0.717, 1.165) is 38.6 Å². The third-order valence-electron chi connectivity index (χ3n) is 4.33. The van der Waals surface area contributed by atoms with Gasteiger partial charge in [0.15, 0.2) is 5.82 Å². The van der Waals surface area contributed by atoms with Gasteiger partial charge in [-0.15, -0.1) is 0 Å². The van der Waals surface area contributed by atoms with Crippen molar-refractivity contribution < 1.29 is 4.52 Å². The van der Waals surface area contributed by atoms with Crippen LogP contribution in [0, 0.1) is 6.92 Å². The van der Waals surface area contributed by atoms with Gasteiger partial charge in [-0.05, 0) is 19.4 Å². The molecule has 0 radical (unpaired) electrons. The zero-order valence-corrected chi connectivity index (χ0v) is 13.9. The highest BCUT2D eigenvalue weighted by Gasteiger charge is 2.24. The number of piperazine rings is 1. The van der Waals surface area contributed by atoms with Crippen LogP contribution in [0.25, 0.3) is 6.08 Å². The molecular formula is C18H24N4O. The molecule has 2 aromatic rings. The molecule has 5 heteroatoms. The second kappa shape index (κ2) is 7.53. The van der Waals surface area contributed by atoms with Gasteiger partial charge in [0.05, 0.1) is 6.04 Å². The molecule has 1 saturated heterocycles. The summed E-state index contributed by atoms with van der Waals surface area (Å²) in [5, 5.41) is 3.88. The molecule has 1 aliphatic rings. The predicted octanol–water partition coefficient (Wildman–Crippen LogP) is 2.77. The third kappa shape index (κ3) is 4.27. The summed E-state index contributed by atoms with van der Waals surface area (Å²) >= 11 is 0. The molecule has 5 nitrogen and oxygen atoms in total. The molecule has 1 aliphatic heterocycles. The molecule has 1 aromatic carbocycles. The summed E-state index contributed by atoms with van der Waals surface area (Å²) in [4.78, 5) is 9.22. The van der Waals surface area contributed by atoms with Crippen LogP contribution in [0.15, 0.2) is 40.9 Å². The fourth-order valence-electron chi connectivity index (χ4n) is 2.87. The van der Waals surface area contributed by atoms with Crippen molar-refractivity contribution in [3.05, 3.63) is 53.7 Å². The Labute approximate surface area is 137 Å². The zero-order chi connectivity index (χ0) is 16.1. The van der Waals surface area contributed by atoms with Gasteiger partial charge < -0.3 is 4.52 Å². The Balaban J connectivity index is 1.46. The minimum absolute atomic E-state index is 0.193. The van der Waals surface area contributed by atoms with Crippen molar-refractivity contribution >= 4 is 6.08 Å². The molecule has 0 N–H and O–H groups in total. The largest absolute Gasteiger partial charge is 0.338 e. The zero-order valence-electron chi connectivity index (χ0n) is 13.9. The average Bonchev–Trinajstić information content (AvgIpc) is 3.02. The van der Waals surface area contributed by atoms with E-state index >= 15 is 0 Å². The summed E-state index contributed by atoms with van der Waals surface area (Å²) < 4.78 is 5.29. The van der Waals surface area contributed by atoms with Gasteiger partial charge in [-0.2, -0.15) is 4.98 Å². The Hall–Kier alpha value is -1.98. The van der Waals surface area contributed by atoms with Crippen molar-refractivity contribution in [1.82, 2.24) is 19.9 Å². The van der Waals surface area contributed by atoms with Crippen LogP contribution in [0.1, 0.15) is 30.2 Å². The van der Waals surface area contributed by atoms with Gasteiger partial charge in [-0.3, -0.25) is 9.80 Å². The van der Waals surface area contributed by atoms with Crippen molar-refractivity contribution in [2.24, 2.45) is 0 Å². The Kier molecular flexibility index (Phi) is 5.20. The molecule has 0 amide bonds. The average molecular weight is 312 g/mol. The fourth-order valence-corrected chi connectivity index (χ4v) is 2.87. The van der Waals surface area contributed by atoms with E-state index in [9.17, 15) is 0 Å². The summed E-state index contributed by atoms with van der Waals surface area (Å²) in [5.41, 5.74) is 1.26. The van der Waals surface area contributed by atoms with Crippen LogP contribution >= 0.6 is 0 Å². The standard InChI is InChI=1S/C18H24N4O/c1-15(18-19-16(2)20-23-18)22-13-11-21(12-14-22)10-6-9-17-7-4-3-5-8-17/h3-9,15H,10-14H2,1-2H3/b9-6+. The number of hydrogen-bond donors (Lipinski definition) is 0. The molecule has 1 unspecified atom stereocenters. The topological polar surface area (TPSA) is 45.4 Å². The minimum atomic E-state index is 0.193. The van der Waals surface area contributed by atoms with Gasteiger partial charge >= 0.3 is 0 Å². The molecule has 0 aliphatic carbocycles. The van der Waals surface area contributed by atoms with Crippen molar-refractivity contribution in [1.29, 1.82) is 0 Å². The van der Waals surface area contributed by atoms with E-state index in [-0.39, 0.29) is 6.04 Å².